The van der Waals surface area contributed by atoms with Crippen LogP contribution in [0, 0.1) is 5.92 Å². The van der Waals surface area contributed by atoms with E-state index in [1.807, 2.05) is 0 Å². The third-order valence-electron chi connectivity index (χ3n) is 6.79. The van der Waals surface area contributed by atoms with E-state index in [4.69, 9.17) is 4.99 Å². The van der Waals surface area contributed by atoms with Gasteiger partial charge in [-0.3, -0.25) is 9.89 Å². The van der Waals surface area contributed by atoms with Crippen molar-refractivity contribution in [3.63, 3.8) is 0 Å². The standard InChI is InChI=1S/C24H41N5/c1-5-21-19-29(13-12-23(21)22-10-8-7-9-11-22)24(25-6-2)26-18-20(3)28-16-14-27(4)15-17-28/h7-11,20-21,23H,5-6,12-19H2,1-4H3,(H,25,26). The number of hydrogen-bond donors (Lipinski definition) is 1. The summed E-state index contributed by atoms with van der Waals surface area (Å²) in [5.74, 6) is 2.47. The van der Waals surface area contributed by atoms with Gasteiger partial charge < -0.3 is 15.1 Å². The number of likely N-dealkylation sites (tertiary alicyclic amines) is 1. The predicted molar refractivity (Wildman–Crippen MR) is 124 cm³/mol. The Bertz CT molecular complexity index is 623. The molecule has 1 aromatic carbocycles. The lowest BCUT2D eigenvalue weighted by Crippen LogP contribution is -2.50. The predicted octanol–water partition coefficient (Wildman–Crippen LogP) is 3.10. The second-order valence-corrected chi connectivity index (χ2v) is 8.80. The van der Waals surface area contributed by atoms with E-state index < -0.39 is 0 Å². The zero-order chi connectivity index (χ0) is 20.6. The molecule has 5 nitrogen and oxygen atoms in total. The van der Waals surface area contributed by atoms with Crippen LogP contribution in [0.2, 0.25) is 0 Å². The summed E-state index contributed by atoms with van der Waals surface area (Å²) >= 11 is 0. The summed E-state index contributed by atoms with van der Waals surface area (Å²) in [6.07, 6.45) is 2.42. The van der Waals surface area contributed by atoms with Crippen molar-refractivity contribution in [1.82, 2.24) is 20.0 Å². The Morgan fingerprint density at radius 3 is 2.48 bits per heavy atom. The first-order chi connectivity index (χ1) is 14.1. The van der Waals surface area contributed by atoms with Crippen LogP contribution in [-0.2, 0) is 0 Å². The normalized spacial score (nSPS) is 25.8. The molecule has 2 fully saturated rings. The molecule has 29 heavy (non-hydrogen) atoms. The minimum absolute atomic E-state index is 0.501. The van der Waals surface area contributed by atoms with E-state index in [2.05, 4.69) is 78.2 Å². The average Bonchev–Trinajstić information content (AvgIpc) is 2.77. The van der Waals surface area contributed by atoms with Crippen molar-refractivity contribution < 1.29 is 0 Å². The third kappa shape index (κ3) is 5.95. The van der Waals surface area contributed by atoms with Crippen molar-refractivity contribution in [2.75, 3.05) is 59.4 Å². The van der Waals surface area contributed by atoms with Gasteiger partial charge in [-0.2, -0.15) is 0 Å². The highest BCUT2D eigenvalue weighted by Gasteiger charge is 2.30. The molecule has 162 valence electrons. The number of likely N-dealkylation sites (N-methyl/N-ethyl adjacent to an activating group) is 1. The fourth-order valence-corrected chi connectivity index (χ4v) is 4.80. The Kier molecular flexibility index (Phi) is 8.37. The molecule has 3 rings (SSSR count). The molecule has 0 saturated carbocycles. The molecule has 3 atom stereocenters. The van der Waals surface area contributed by atoms with Crippen LogP contribution in [0.3, 0.4) is 0 Å². The molecule has 1 aromatic rings. The van der Waals surface area contributed by atoms with E-state index in [0.717, 1.165) is 45.2 Å². The van der Waals surface area contributed by atoms with E-state index in [1.54, 1.807) is 0 Å². The van der Waals surface area contributed by atoms with E-state index in [-0.39, 0.29) is 0 Å². The zero-order valence-corrected chi connectivity index (χ0v) is 19.0. The smallest absolute Gasteiger partial charge is 0.193 e. The third-order valence-corrected chi connectivity index (χ3v) is 6.79. The fourth-order valence-electron chi connectivity index (χ4n) is 4.80. The summed E-state index contributed by atoms with van der Waals surface area (Å²) in [5, 5.41) is 3.57. The lowest BCUT2D eigenvalue weighted by molar-refractivity contribution is 0.122. The number of piperazine rings is 1. The molecule has 0 aromatic heterocycles. The molecule has 0 bridgehead atoms. The zero-order valence-electron chi connectivity index (χ0n) is 19.0. The van der Waals surface area contributed by atoms with Gasteiger partial charge in [-0.15, -0.1) is 0 Å². The van der Waals surface area contributed by atoms with Crippen LogP contribution in [0.1, 0.15) is 45.1 Å². The molecule has 1 N–H and O–H groups in total. The Labute approximate surface area is 178 Å². The monoisotopic (exact) mass is 399 g/mol. The molecule has 2 aliphatic heterocycles. The molecule has 0 amide bonds. The van der Waals surface area contributed by atoms with E-state index >= 15 is 0 Å². The molecule has 3 unspecified atom stereocenters. The van der Waals surface area contributed by atoms with Gasteiger partial charge in [0.25, 0.3) is 0 Å². The van der Waals surface area contributed by atoms with Gasteiger partial charge >= 0.3 is 0 Å². The molecule has 2 saturated heterocycles. The second kappa shape index (κ2) is 11.0. The van der Waals surface area contributed by atoms with Crippen LogP contribution in [0.4, 0.5) is 0 Å². The summed E-state index contributed by atoms with van der Waals surface area (Å²) in [5.41, 5.74) is 1.50. The van der Waals surface area contributed by atoms with Crippen LogP contribution in [0.25, 0.3) is 0 Å². The number of benzene rings is 1. The number of nitrogens with zero attached hydrogens (tertiary/aromatic N) is 4. The van der Waals surface area contributed by atoms with Gasteiger partial charge in [0.15, 0.2) is 5.96 Å². The fraction of sp³-hybridized carbons (Fsp3) is 0.708. The number of nitrogens with one attached hydrogen (secondary N) is 1. The maximum atomic E-state index is 5.07. The molecule has 2 aliphatic rings. The summed E-state index contributed by atoms with van der Waals surface area (Å²) in [6, 6.07) is 11.6. The Hall–Kier alpha value is -1.59. The number of guanidine groups is 1. The van der Waals surface area contributed by atoms with Crippen LogP contribution < -0.4 is 5.32 Å². The molecule has 5 heteroatoms. The van der Waals surface area contributed by atoms with Crippen molar-refractivity contribution >= 4 is 5.96 Å². The van der Waals surface area contributed by atoms with Gasteiger partial charge in [0.05, 0.1) is 6.54 Å². The average molecular weight is 400 g/mol. The van der Waals surface area contributed by atoms with Crippen LogP contribution in [0.5, 0.6) is 0 Å². The largest absolute Gasteiger partial charge is 0.357 e. The topological polar surface area (TPSA) is 34.1 Å². The Morgan fingerprint density at radius 1 is 1.10 bits per heavy atom. The lowest BCUT2D eigenvalue weighted by atomic mass is 9.79. The number of rotatable bonds is 6. The van der Waals surface area contributed by atoms with Crippen LogP contribution >= 0.6 is 0 Å². The summed E-state index contributed by atoms with van der Waals surface area (Å²) in [7, 11) is 2.21. The Balaban J connectivity index is 1.62. The van der Waals surface area contributed by atoms with Gasteiger partial charge in [-0.25, -0.2) is 0 Å². The van der Waals surface area contributed by atoms with E-state index in [1.165, 1.54) is 31.5 Å². The highest BCUT2D eigenvalue weighted by molar-refractivity contribution is 5.80. The molecule has 2 heterocycles. The van der Waals surface area contributed by atoms with E-state index in [0.29, 0.717) is 17.9 Å². The number of piperidine rings is 1. The lowest BCUT2D eigenvalue weighted by Gasteiger charge is -2.40. The van der Waals surface area contributed by atoms with Crippen molar-refractivity contribution in [2.24, 2.45) is 10.9 Å². The quantitative estimate of drug-likeness (QED) is 0.589. The summed E-state index contributed by atoms with van der Waals surface area (Å²) < 4.78 is 0. The maximum Gasteiger partial charge on any atom is 0.193 e. The van der Waals surface area contributed by atoms with Gasteiger partial charge in [0.2, 0.25) is 0 Å². The van der Waals surface area contributed by atoms with Crippen molar-refractivity contribution in [1.29, 1.82) is 0 Å². The first-order valence-electron chi connectivity index (χ1n) is 11.6. The second-order valence-electron chi connectivity index (χ2n) is 8.80. The molecular formula is C24H41N5. The SMILES string of the molecule is CCNC(=NCC(C)N1CCN(C)CC1)N1CCC(c2ccccc2)C(CC)C1. The summed E-state index contributed by atoms with van der Waals surface area (Å²) in [4.78, 5) is 12.6. The van der Waals surface area contributed by atoms with Gasteiger partial charge in [0.1, 0.15) is 0 Å². The van der Waals surface area contributed by atoms with Gasteiger partial charge in [0, 0.05) is 51.9 Å². The van der Waals surface area contributed by atoms with Crippen molar-refractivity contribution in [3.8, 4) is 0 Å². The molecule has 0 radical (unpaired) electrons. The van der Waals surface area contributed by atoms with Crippen molar-refractivity contribution in [2.45, 2.75) is 45.6 Å². The first kappa shape index (κ1) is 22.1. The maximum absolute atomic E-state index is 5.07. The minimum atomic E-state index is 0.501. The van der Waals surface area contributed by atoms with Crippen molar-refractivity contribution in [3.05, 3.63) is 35.9 Å². The van der Waals surface area contributed by atoms with Crippen LogP contribution in [-0.4, -0.2) is 86.1 Å². The van der Waals surface area contributed by atoms with Gasteiger partial charge in [-0.05, 0) is 44.7 Å². The highest BCUT2D eigenvalue weighted by atomic mass is 15.3. The Morgan fingerprint density at radius 2 is 1.83 bits per heavy atom. The summed E-state index contributed by atoms with van der Waals surface area (Å²) in [6.45, 7) is 15.5. The van der Waals surface area contributed by atoms with E-state index in [9.17, 15) is 0 Å². The highest BCUT2D eigenvalue weighted by Crippen LogP contribution is 2.34. The first-order valence-corrected chi connectivity index (χ1v) is 11.6. The van der Waals surface area contributed by atoms with Crippen LogP contribution in [0.15, 0.2) is 35.3 Å². The van der Waals surface area contributed by atoms with Gasteiger partial charge in [-0.1, -0.05) is 43.7 Å². The minimum Gasteiger partial charge on any atom is -0.357 e. The number of hydrogen-bond acceptors (Lipinski definition) is 3. The molecular weight excluding hydrogens is 358 g/mol. The molecule has 0 spiro atoms. The number of aliphatic imine (C=N–C) groups is 1. The molecule has 0 aliphatic carbocycles.